The zero-order chi connectivity index (χ0) is 11.6. The van der Waals surface area contributed by atoms with Gasteiger partial charge in [-0.25, -0.2) is 0 Å². The Labute approximate surface area is 86.2 Å². The molecule has 0 N–H and O–H groups in total. The third-order valence-electron chi connectivity index (χ3n) is 1.43. The van der Waals surface area contributed by atoms with Crippen LogP contribution in [0.1, 0.15) is 33.6 Å². The van der Waals surface area contributed by atoms with Crippen molar-refractivity contribution in [3.8, 4) is 0 Å². The van der Waals surface area contributed by atoms with Crippen molar-refractivity contribution in [2.75, 3.05) is 20.7 Å². The molecular formula is C10H21NO3. The average molecular weight is 203 g/mol. The van der Waals surface area contributed by atoms with E-state index in [2.05, 4.69) is 11.7 Å². The lowest BCUT2D eigenvalue weighted by molar-refractivity contribution is -0.141. The molecule has 0 radical (unpaired) electrons. The van der Waals surface area contributed by atoms with Gasteiger partial charge in [0.15, 0.2) is 0 Å². The van der Waals surface area contributed by atoms with Gasteiger partial charge in [0.05, 0.1) is 6.61 Å². The van der Waals surface area contributed by atoms with Gasteiger partial charge in [0.25, 0.3) is 0 Å². The standard InChI is InChI=1S/C6H12O2.C4H9NO/c1-3-4-5-8-6(2)7;1-4(6)5(2)3/h3-5H2,1-2H3;1-3H3. The fourth-order valence-electron chi connectivity index (χ4n) is 0.360. The summed E-state index contributed by atoms with van der Waals surface area (Å²) in [4.78, 5) is 21.7. The van der Waals surface area contributed by atoms with Crippen LogP contribution in [0.4, 0.5) is 0 Å². The molecule has 4 nitrogen and oxygen atoms in total. The minimum Gasteiger partial charge on any atom is -0.466 e. The van der Waals surface area contributed by atoms with Crippen molar-refractivity contribution in [3.63, 3.8) is 0 Å². The van der Waals surface area contributed by atoms with E-state index in [1.165, 1.54) is 18.7 Å². The van der Waals surface area contributed by atoms with E-state index in [-0.39, 0.29) is 11.9 Å². The largest absolute Gasteiger partial charge is 0.466 e. The van der Waals surface area contributed by atoms with Crippen molar-refractivity contribution >= 4 is 11.9 Å². The molecule has 0 aliphatic rings. The molecule has 0 aliphatic carbocycles. The zero-order valence-electron chi connectivity index (χ0n) is 9.79. The van der Waals surface area contributed by atoms with Crippen LogP contribution in [0.5, 0.6) is 0 Å². The van der Waals surface area contributed by atoms with Gasteiger partial charge >= 0.3 is 5.97 Å². The predicted octanol–water partition coefficient (Wildman–Crippen LogP) is 1.44. The van der Waals surface area contributed by atoms with Gasteiger partial charge in [-0.05, 0) is 6.42 Å². The molecule has 1 amide bonds. The summed E-state index contributed by atoms with van der Waals surface area (Å²) < 4.78 is 4.64. The fourth-order valence-corrected chi connectivity index (χ4v) is 0.360. The van der Waals surface area contributed by atoms with Crippen molar-refractivity contribution in [3.05, 3.63) is 0 Å². The number of rotatable bonds is 3. The molecule has 0 aliphatic heterocycles. The lowest BCUT2D eigenvalue weighted by Crippen LogP contribution is -2.17. The number of hydrogen-bond donors (Lipinski definition) is 0. The maximum absolute atomic E-state index is 10.1. The summed E-state index contributed by atoms with van der Waals surface area (Å²) in [5.74, 6) is -0.0894. The van der Waals surface area contributed by atoms with Crippen LogP contribution in [0, 0.1) is 0 Å². The Kier molecular flexibility index (Phi) is 11.0. The first-order chi connectivity index (χ1) is 6.41. The summed E-state index contributed by atoms with van der Waals surface area (Å²) in [6.45, 7) is 5.59. The first-order valence-electron chi connectivity index (χ1n) is 4.73. The van der Waals surface area contributed by atoms with Crippen molar-refractivity contribution in [1.29, 1.82) is 0 Å². The Morgan fingerprint density at radius 3 is 1.86 bits per heavy atom. The van der Waals surface area contributed by atoms with E-state index in [1.54, 1.807) is 14.1 Å². The molecule has 0 fully saturated rings. The number of esters is 1. The summed E-state index contributed by atoms with van der Waals surface area (Å²) in [6, 6.07) is 0. The van der Waals surface area contributed by atoms with Gasteiger partial charge in [-0.2, -0.15) is 0 Å². The van der Waals surface area contributed by atoms with Gasteiger partial charge in [0.1, 0.15) is 0 Å². The lowest BCUT2D eigenvalue weighted by Gasteiger charge is -2.02. The molecule has 0 rings (SSSR count). The first kappa shape index (κ1) is 15.4. The fraction of sp³-hybridized carbons (Fsp3) is 0.800. The van der Waals surface area contributed by atoms with Crippen LogP contribution in [-0.4, -0.2) is 37.5 Å². The van der Waals surface area contributed by atoms with E-state index in [1.807, 2.05) is 0 Å². The van der Waals surface area contributed by atoms with Gasteiger partial charge < -0.3 is 9.64 Å². The molecular weight excluding hydrogens is 182 g/mol. The highest BCUT2D eigenvalue weighted by Crippen LogP contribution is 1.86. The molecule has 0 saturated carbocycles. The molecule has 0 saturated heterocycles. The maximum Gasteiger partial charge on any atom is 0.302 e. The highest BCUT2D eigenvalue weighted by molar-refractivity contribution is 5.72. The van der Waals surface area contributed by atoms with Crippen LogP contribution in [-0.2, 0) is 14.3 Å². The summed E-state index contributed by atoms with van der Waals surface area (Å²) in [6.07, 6.45) is 2.05. The number of ether oxygens (including phenoxy) is 1. The van der Waals surface area contributed by atoms with E-state index in [9.17, 15) is 9.59 Å². The van der Waals surface area contributed by atoms with E-state index < -0.39 is 0 Å². The van der Waals surface area contributed by atoms with Gasteiger partial charge in [-0.15, -0.1) is 0 Å². The number of hydrogen-bond acceptors (Lipinski definition) is 3. The van der Waals surface area contributed by atoms with Crippen molar-refractivity contribution in [1.82, 2.24) is 4.90 Å². The van der Waals surface area contributed by atoms with E-state index >= 15 is 0 Å². The number of carbonyl (C=O) groups is 2. The zero-order valence-corrected chi connectivity index (χ0v) is 9.79. The Bertz CT molecular complexity index is 167. The summed E-state index contributed by atoms with van der Waals surface area (Å²) >= 11 is 0. The summed E-state index contributed by atoms with van der Waals surface area (Å²) in [7, 11) is 3.45. The van der Waals surface area contributed by atoms with Gasteiger partial charge in [-0.3, -0.25) is 9.59 Å². The lowest BCUT2D eigenvalue weighted by atomic mass is 10.4. The molecule has 0 aromatic carbocycles. The van der Waals surface area contributed by atoms with Crippen molar-refractivity contribution < 1.29 is 14.3 Å². The first-order valence-corrected chi connectivity index (χ1v) is 4.73. The van der Waals surface area contributed by atoms with Crippen molar-refractivity contribution in [2.45, 2.75) is 33.6 Å². The molecule has 0 aromatic rings. The molecule has 0 atom stereocenters. The molecule has 0 bridgehead atoms. The summed E-state index contributed by atoms with van der Waals surface area (Å²) in [5, 5.41) is 0. The molecule has 4 heteroatoms. The quantitative estimate of drug-likeness (QED) is 0.515. The Hall–Kier alpha value is -1.06. The summed E-state index contributed by atoms with van der Waals surface area (Å²) in [5.41, 5.74) is 0. The highest BCUT2D eigenvalue weighted by atomic mass is 16.5. The second-order valence-corrected chi connectivity index (χ2v) is 3.11. The normalized spacial score (nSPS) is 8.36. The van der Waals surface area contributed by atoms with E-state index in [0.29, 0.717) is 6.61 Å². The third-order valence-corrected chi connectivity index (χ3v) is 1.43. The minimum atomic E-state index is -0.182. The van der Waals surface area contributed by atoms with Crippen LogP contribution >= 0.6 is 0 Å². The van der Waals surface area contributed by atoms with Crippen LogP contribution in [0.3, 0.4) is 0 Å². The maximum atomic E-state index is 10.1. The molecule has 84 valence electrons. The van der Waals surface area contributed by atoms with E-state index in [0.717, 1.165) is 12.8 Å². The Balaban J connectivity index is 0. The molecule has 0 unspecified atom stereocenters. The molecule has 0 heterocycles. The topological polar surface area (TPSA) is 46.6 Å². The number of unbranched alkanes of at least 4 members (excludes halogenated alkanes) is 1. The number of amides is 1. The molecule has 14 heavy (non-hydrogen) atoms. The van der Waals surface area contributed by atoms with Crippen LogP contribution in [0.15, 0.2) is 0 Å². The Morgan fingerprint density at radius 1 is 1.21 bits per heavy atom. The highest BCUT2D eigenvalue weighted by Gasteiger charge is 1.88. The predicted molar refractivity (Wildman–Crippen MR) is 55.9 cm³/mol. The third kappa shape index (κ3) is 17.1. The van der Waals surface area contributed by atoms with Crippen LogP contribution in [0.25, 0.3) is 0 Å². The SMILES string of the molecule is CC(=O)N(C)C.CCCCOC(C)=O. The van der Waals surface area contributed by atoms with E-state index in [4.69, 9.17) is 0 Å². The van der Waals surface area contributed by atoms with Gasteiger partial charge in [0.2, 0.25) is 5.91 Å². The monoisotopic (exact) mass is 203 g/mol. The molecule has 0 spiro atoms. The smallest absolute Gasteiger partial charge is 0.302 e. The minimum absolute atomic E-state index is 0.0926. The molecule has 0 aromatic heterocycles. The number of nitrogens with zero attached hydrogens (tertiary/aromatic N) is 1. The number of carbonyl (C=O) groups excluding carboxylic acids is 2. The van der Waals surface area contributed by atoms with Crippen LogP contribution < -0.4 is 0 Å². The Morgan fingerprint density at radius 2 is 1.64 bits per heavy atom. The average Bonchev–Trinajstić information content (AvgIpc) is 2.05. The second-order valence-electron chi connectivity index (χ2n) is 3.11. The van der Waals surface area contributed by atoms with Crippen LogP contribution in [0.2, 0.25) is 0 Å². The van der Waals surface area contributed by atoms with Gasteiger partial charge in [-0.1, -0.05) is 13.3 Å². The van der Waals surface area contributed by atoms with Crippen molar-refractivity contribution in [2.24, 2.45) is 0 Å². The van der Waals surface area contributed by atoms with Gasteiger partial charge in [0, 0.05) is 27.9 Å². The second kappa shape index (κ2) is 10.0.